The highest BCUT2D eigenvalue weighted by molar-refractivity contribution is 5.73. The Hall–Kier alpha value is -1.62. The molecule has 0 radical (unpaired) electrons. The van der Waals surface area contributed by atoms with Gasteiger partial charge in [-0.1, -0.05) is 6.07 Å². The minimum absolute atomic E-state index is 0.259. The molecule has 1 unspecified atom stereocenters. The Bertz CT molecular complexity index is 351. The van der Waals surface area contributed by atoms with Gasteiger partial charge in [0.2, 0.25) is 5.88 Å². The lowest BCUT2D eigenvalue weighted by atomic mass is 10.0. The molecule has 94 valence electrons. The van der Waals surface area contributed by atoms with Gasteiger partial charge in [0.25, 0.3) is 0 Å². The summed E-state index contributed by atoms with van der Waals surface area (Å²) in [5.41, 5.74) is 6.50. The van der Waals surface area contributed by atoms with Crippen molar-refractivity contribution in [2.24, 2.45) is 11.7 Å². The Balaban J connectivity index is 2.63. The van der Waals surface area contributed by atoms with Crippen LogP contribution in [0.2, 0.25) is 0 Å². The third kappa shape index (κ3) is 4.03. The van der Waals surface area contributed by atoms with Gasteiger partial charge in [0.1, 0.15) is 0 Å². The maximum atomic E-state index is 11.6. The molecular weight excluding hydrogens is 220 g/mol. The van der Waals surface area contributed by atoms with Crippen molar-refractivity contribution < 1.29 is 14.3 Å². The number of pyridine rings is 1. The first kappa shape index (κ1) is 13.4. The second-order valence-electron chi connectivity index (χ2n) is 3.60. The molecule has 0 amide bonds. The lowest BCUT2D eigenvalue weighted by Gasteiger charge is -2.13. The van der Waals surface area contributed by atoms with Crippen LogP contribution in [-0.2, 0) is 16.0 Å². The van der Waals surface area contributed by atoms with Crippen molar-refractivity contribution in [3.8, 4) is 5.88 Å². The minimum Gasteiger partial charge on any atom is -0.481 e. The van der Waals surface area contributed by atoms with Crippen LogP contribution in [0.5, 0.6) is 5.88 Å². The number of hydrogen-bond donors (Lipinski definition) is 1. The van der Waals surface area contributed by atoms with E-state index < -0.39 is 0 Å². The van der Waals surface area contributed by atoms with Crippen LogP contribution in [0.1, 0.15) is 12.5 Å². The SMILES string of the molecule is CCOC(=O)C(CN)Cc1ccc(OC)nc1. The minimum atomic E-state index is -0.315. The number of carbonyl (C=O) groups excluding carboxylic acids is 1. The summed E-state index contributed by atoms with van der Waals surface area (Å²) in [5.74, 6) is -0.0230. The predicted octanol–water partition coefficient (Wildman–Crippen LogP) is 0.771. The first-order valence-corrected chi connectivity index (χ1v) is 5.56. The van der Waals surface area contributed by atoms with E-state index in [9.17, 15) is 4.79 Å². The van der Waals surface area contributed by atoms with Gasteiger partial charge in [-0.2, -0.15) is 0 Å². The van der Waals surface area contributed by atoms with E-state index in [4.69, 9.17) is 15.2 Å². The number of methoxy groups -OCH3 is 1. The van der Waals surface area contributed by atoms with Crippen LogP contribution < -0.4 is 10.5 Å². The van der Waals surface area contributed by atoms with Crippen molar-refractivity contribution in [3.63, 3.8) is 0 Å². The van der Waals surface area contributed by atoms with Gasteiger partial charge in [-0.3, -0.25) is 4.79 Å². The highest BCUT2D eigenvalue weighted by atomic mass is 16.5. The molecule has 0 aliphatic rings. The summed E-state index contributed by atoms with van der Waals surface area (Å²) in [5, 5.41) is 0. The van der Waals surface area contributed by atoms with Crippen molar-refractivity contribution >= 4 is 5.97 Å². The number of esters is 1. The molecule has 1 heterocycles. The fraction of sp³-hybridized carbons (Fsp3) is 0.500. The predicted molar refractivity (Wildman–Crippen MR) is 63.7 cm³/mol. The summed E-state index contributed by atoms with van der Waals surface area (Å²) in [4.78, 5) is 15.6. The summed E-state index contributed by atoms with van der Waals surface area (Å²) in [7, 11) is 1.56. The molecule has 0 aromatic carbocycles. The molecule has 0 saturated heterocycles. The number of ether oxygens (including phenoxy) is 2. The lowest BCUT2D eigenvalue weighted by Crippen LogP contribution is -2.27. The Morgan fingerprint density at radius 3 is 2.76 bits per heavy atom. The standard InChI is InChI=1S/C12H18N2O3/c1-3-17-12(15)10(7-13)6-9-4-5-11(16-2)14-8-9/h4-5,8,10H,3,6-7,13H2,1-2H3. The third-order valence-electron chi connectivity index (χ3n) is 2.39. The van der Waals surface area contributed by atoms with Crippen molar-refractivity contribution in [1.29, 1.82) is 0 Å². The van der Waals surface area contributed by atoms with E-state index in [1.54, 1.807) is 26.3 Å². The molecule has 0 spiro atoms. The van der Waals surface area contributed by atoms with Gasteiger partial charge in [0, 0.05) is 18.8 Å². The van der Waals surface area contributed by atoms with E-state index in [2.05, 4.69) is 4.98 Å². The molecule has 0 aliphatic carbocycles. The molecule has 2 N–H and O–H groups in total. The smallest absolute Gasteiger partial charge is 0.310 e. The molecule has 0 bridgehead atoms. The summed E-state index contributed by atoms with van der Waals surface area (Å²) in [6, 6.07) is 3.63. The van der Waals surface area contributed by atoms with Crippen LogP contribution in [0.4, 0.5) is 0 Å². The molecule has 0 fully saturated rings. The van der Waals surface area contributed by atoms with Gasteiger partial charge in [0.15, 0.2) is 0 Å². The molecule has 5 nitrogen and oxygen atoms in total. The molecular formula is C12H18N2O3. The highest BCUT2D eigenvalue weighted by Gasteiger charge is 2.18. The molecule has 5 heteroatoms. The third-order valence-corrected chi connectivity index (χ3v) is 2.39. The quantitative estimate of drug-likeness (QED) is 0.741. The van der Waals surface area contributed by atoms with Gasteiger partial charge in [-0.25, -0.2) is 4.98 Å². The average Bonchev–Trinajstić information content (AvgIpc) is 2.37. The Morgan fingerprint density at radius 1 is 1.53 bits per heavy atom. The number of carbonyl (C=O) groups is 1. The maximum absolute atomic E-state index is 11.6. The van der Waals surface area contributed by atoms with Crippen LogP contribution in [-0.4, -0.2) is 31.2 Å². The Kier molecular flexibility index (Phi) is 5.42. The topological polar surface area (TPSA) is 74.4 Å². The summed E-state index contributed by atoms with van der Waals surface area (Å²) in [6.45, 7) is 2.42. The Morgan fingerprint density at radius 2 is 2.29 bits per heavy atom. The fourth-order valence-electron chi connectivity index (χ4n) is 1.46. The molecule has 0 saturated carbocycles. The molecule has 1 rings (SSSR count). The molecule has 1 aromatic rings. The van der Waals surface area contributed by atoms with Crippen molar-refractivity contribution in [2.45, 2.75) is 13.3 Å². The molecule has 1 aromatic heterocycles. The normalized spacial score (nSPS) is 11.9. The summed E-state index contributed by atoms with van der Waals surface area (Å²) >= 11 is 0. The zero-order chi connectivity index (χ0) is 12.7. The highest BCUT2D eigenvalue weighted by Crippen LogP contribution is 2.12. The van der Waals surface area contributed by atoms with Gasteiger partial charge in [-0.05, 0) is 18.9 Å². The second-order valence-corrected chi connectivity index (χ2v) is 3.60. The van der Waals surface area contributed by atoms with Crippen LogP contribution in [0, 0.1) is 5.92 Å². The molecule has 0 aliphatic heterocycles. The van der Waals surface area contributed by atoms with Crippen LogP contribution in [0.15, 0.2) is 18.3 Å². The van der Waals surface area contributed by atoms with E-state index in [0.717, 1.165) is 5.56 Å². The summed E-state index contributed by atoms with van der Waals surface area (Å²) in [6.07, 6.45) is 2.22. The number of rotatable bonds is 6. The number of hydrogen-bond acceptors (Lipinski definition) is 5. The van der Waals surface area contributed by atoms with E-state index in [1.165, 1.54) is 0 Å². The molecule has 1 atom stereocenters. The molecule has 17 heavy (non-hydrogen) atoms. The monoisotopic (exact) mass is 238 g/mol. The van der Waals surface area contributed by atoms with Crippen LogP contribution >= 0.6 is 0 Å². The van der Waals surface area contributed by atoms with Gasteiger partial charge in [-0.15, -0.1) is 0 Å². The van der Waals surface area contributed by atoms with Gasteiger partial charge < -0.3 is 15.2 Å². The zero-order valence-corrected chi connectivity index (χ0v) is 10.2. The Labute approximate surface area is 101 Å². The first-order chi connectivity index (χ1) is 8.21. The number of nitrogens with zero attached hydrogens (tertiary/aromatic N) is 1. The fourth-order valence-corrected chi connectivity index (χ4v) is 1.46. The van der Waals surface area contributed by atoms with Crippen LogP contribution in [0.3, 0.4) is 0 Å². The first-order valence-electron chi connectivity index (χ1n) is 5.56. The summed E-state index contributed by atoms with van der Waals surface area (Å²) < 4.78 is 9.91. The van der Waals surface area contributed by atoms with E-state index in [1.807, 2.05) is 6.07 Å². The lowest BCUT2D eigenvalue weighted by molar-refractivity contribution is -0.147. The average molecular weight is 238 g/mol. The van der Waals surface area contributed by atoms with Crippen molar-refractivity contribution in [1.82, 2.24) is 4.98 Å². The van der Waals surface area contributed by atoms with Crippen molar-refractivity contribution in [2.75, 3.05) is 20.3 Å². The zero-order valence-electron chi connectivity index (χ0n) is 10.2. The van der Waals surface area contributed by atoms with Crippen molar-refractivity contribution in [3.05, 3.63) is 23.9 Å². The second kappa shape index (κ2) is 6.85. The van der Waals surface area contributed by atoms with E-state index in [-0.39, 0.29) is 18.4 Å². The number of nitrogens with two attached hydrogens (primary N) is 1. The van der Waals surface area contributed by atoms with Gasteiger partial charge in [0.05, 0.1) is 19.6 Å². The number of aromatic nitrogens is 1. The maximum Gasteiger partial charge on any atom is 0.310 e. The van der Waals surface area contributed by atoms with Crippen LogP contribution in [0.25, 0.3) is 0 Å². The largest absolute Gasteiger partial charge is 0.481 e. The van der Waals surface area contributed by atoms with E-state index >= 15 is 0 Å². The van der Waals surface area contributed by atoms with E-state index in [0.29, 0.717) is 18.9 Å². The van der Waals surface area contributed by atoms with Gasteiger partial charge >= 0.3 is 5.97 Å².